The molecular weight excluding hydrogens is 268 g/mol. The topological polar surface area (TPSA) is 49.9 Å². The van der Waals surface area contributed by atoms with E-state index in [9.17, 15) is 0 Å². The van der Waals surface area contributed by atoms with Crippen molar-refractivity contribution in [1.82, 2.24) is 0 Å². The van der Waals surface area contributed by atoms with Gasteiger partial charge in [-0.3, -0.25) is 5.41 Å². The molecule has 0 saturated carbocycles. The molecule has 0 aromatic heterocycles. The molecule has 0 spiro atoms. The molecule has 2 aromatic carbocycles. The summed E-state index contributed by atoms with van der Waals surface area (Å²) in [6, 6.07) is 16.0. The van der Waals surface area contributed by atoms with Crippen LogP contribution in [0.4, 0.5) is 0 Å². The van der Waals surface area contributed by atoms with E-state index >= 15 is 0 Å². The van der Waals surface area contributed by atoms with Crippen LogP contribution in [0, 0.1) is 19.3 Å². The number of benzene rings is 2. The van der Waals surface area contributed by atoms with Gasteiger partial charge in [0.05, 0.1) is 5.71 Å². The fourth-order valence-corrected chi connectivity index (χ4v) is 2.29. The summed E-state index contributed by atoms with van der Waals surface area (Å²) in [6.07, 6.45) is 2.37. The Hall–Kier alpha value is -2.61. The summed E-state index contributed by atoms with van der Waals surface area (Å²) < 4.78 is 0. The predicted octanol–water partition coefficient (Wildman–Crippen LogP) is 4.62. The Bertz CT molecular complexity index is 704. The summed E-state index contributed by atoms with van der Waals surface area (Å²) in [6.45, 7) is 7.88. The standard InChI is InChI=1S/C20H22N2/c1-4-5-18(19(21)16-10-6-14(2)7-11-16)20(22)17-12-8-15(3)9-13-17/h4,6-13,21H,1,5,22H2,2-3H3/b20-18-,21-19?. The molecule has 0 amide bonds. The summed E-state index contributed by atoms with van der Waals surface area (Å²) in [5.74, 6) is 0. The van der Waals surface area contributed by atoms with Crippen molar-refractivity contribution in [3.05, 3.63) is 89.0 Å². The molecule has 0 aliphatic carbocycles. The maximum atomic E-state index is 8.50. The molecule has 0 radical (unpaired) electrons. The third-order valence-electron chi connectivity index (χ3n) is 3.68. The fraction of sp³-hybridized carbons (Fsp3) is 0.150. The highest BCUT2D eigenvalue weighted by molar-refractivity contribution is 6.14. The molecule has 3 N–H and O–H groups in total. The van der Waals surface area contributed by atoms with Crippen molar-refractivity contribution in [2.45, 2.75) is 20.3 Å². The quantitative estimate of drug-likeness (QED) is 0.613. The Balaban J connectivity index is 2.45. The van der Waals surface area contributed by atoms with E-state index in [0.29, 0.717) is 17.8 Å². The predicted molar refractivity (Wildman–Crippen MR) is 95.1 cm³/mol. The minimum atomic E-state index is 0.456. The molecule has 0 aliphatic rings. The lowest BCUT2D eigenvalue weighted by Gasteiger charge is -2.13. The largest absolute Gasteiger partial charge is 0.398 e. The van der Waals surface area contributed by atoms with E-state index in [2.05, 4.69) is 6.58 Å². The average Bonchev–Trinajstić information content (AvgIpc) is 2.53. The van der Waals surface area contributed by atoms with Crippen LogP contribution in [0.2, 0.25) is 0 Å². The Kier molecular flexibility index (Phi) is 4.95. The minimum Gasteiger partial charge on any atom is -0.398 e. The van der Waals surface area contributed by atoms with Crippen LogP contribution in [0.3, 0.4) is 0 Å². The Labute approximate surface area is 132 Å². The minimum absolute atomic E-state index is 0.456. The van der Waals surface area contributed by atoms with Crippen LogP contribution in [-0.4, -0.2) is 5.71 Å². The number of hydrogen-bond donors (Lipinski definition) is 2. The van der Waals surface area contributed by atoms with E-state index in [1.165, 1.54) is 11.1 Å². The Morgan fingerprint density at radius 3 is 1.86 bits per heavy atom. The second-order valence-electron chi connectivity index (χ2n) is 5.49. The van der Waals surface area contributed by atoms with Crippen LogP contribution < -0.4 is 5.73 Å². The third-order valence-corrected chi connectivity index (χ3v) is 3.68. The molecule has 2 heteroatoms. The summed E-state index contributed by atoms with van der Waals surface area (Å²) >= 11 is 0. The monoisotopic (exact) mass is 290 g/mol. The van der Waals surface area contributed by atoms with Crippen molar-refractivity contribution in [1.29, 1.82) is 5.41 Å². The summed E-state index contributed by atoms with van der Waals surface area (Å²) in [7, 11) is 0. The molecule has 0 bridgehead atoms. The van der Waals surface area contributed by atoms with E-state index in [1.54, 1.807) is 6.08 Å². The third kappa shape index (κ3) is 3.53. The first-order valence-corrected chi connectivity index (χ1v) is 7.35. The Morgan fingerprint density at radius 1 is 0.955 bits per heavy atom. The van der Waals surface area contributed by atoms with Crippen molar-refractivity contribution >= 4 is 11.4 Å². The van der Waals surface area contributed by atoms with Crippen LogP contribution >= 0.6 is 0 Å². The first-order valence-electron chi connectivity index (χ1n) is 7.35. The van der Waals surface area contributed by atoms with Gasteiger partial charge in [0, 0.05) is 11.3 Å². The van der Waals surface area contributed by atoms with Crippen molar-refractivity contribution in [3.8, 4) is 0 Å². The van der Waals surface area contributed by atoms with Gasteiger partial charge in [-0.15, -0.1) is 6.58 Å². The first kappa shape index (κ1) is 15.8. The van der Waals surface area contributed by atoms with E-state index in [-0.39, 0.29) is 0 Å². The molecule has 0 saturated heterocycles. The lowest BCUT2D eigenvalue weighted by Crippen LogP contribution is -2.11. The molecule has 0 heterocycles. The zero-order chi connectivity index (χ0) is 16.1. The van der Waals surface area contributed by atoms with Crippen LogP contribution in [0.15, 0.2) is 66.8 Å². The van der Waals surface area contributed by atoms with Crippen molar-refractivity contribution < 1.29 is 0 Å². The number of allylic oxidation sites excluding steroid dienone is 2. The lowest BCUT2D eigenvalue weighted by molar-refractivity contribution is 1.27. The van der Waals surface area contributed by atoms with Gasteiger partial charge in [0.1, 0.15) is 0 Å². The van der Waals surface area contributed by atoms with E-state index in [4.69, 9.17) is 11.1 Å². The molecule has 22 heavy (non-hydrogen) atoms. The molecule has 2 nitrogen and oxygen atoms in total. The number of rotatable bonds is 5. The zero-order valence-electron chi connectivity index (χ0n) is 13.2. The van der Waals surface area contributed by atoms with E-state index < -0.39 is 0 Å². The highest BCUT2D eigenvalue weighted by atomic mass is 14.6. The number of aryl methyl sites for hydroxylation is 2. The summed E-state index contributed by atoms with van der Waals surface area (Å²) in [5.41, 5.74) is 12.4. The lowest BCUT2D eigenvalue weighted by atomic mass is 9.94. The van der Waals surface area contributed by atoms with Gasteiger partial charge in [0.15, 0.2) is 0 Å². The van der Waals surface area contributed by atoms with Gasteiger partial charge < -0.3 is 5.73 Å². The molecule has 2 rings (SSSR count). The van der Waals surface area contributed by atoms with Crippen LogP contribution in [0.25, 0.3) is 5.70 Å². The average molecular weight is 290 g/mol. The second-order valence-corrected chi connectivity index (χ2v) is 5.49. The SMILES string of the molecule is C=CC/C(C(=N)c1ccc(C)cc1)=C(/N)c1ccc(C)cc1. The van der Waals surface area contributed by atoms with E-state index in [1.807, 2.05) is 62.4 Å². The molecule has 0 aliphatic heterocycles. The Morgan fingerprint density at radius 2 is 1.41 bits per heavy atom. The maximum Gasteiger partial charge on any atom is 0.0668 e. The molecule has 0 fully saturated rings. The van der Waals surface area contributed by atoms with Gasteiger partial charge in [0.2, 0.25) is 0 Å². The van der Waals surface area contributed by atoms with Crippen molar-refractivity contribution in [2.75, 3.05) is 0 Å². The smallest absolute Gasteiger partial charge is 0.0668 e. The second kappa shape index (κ2) is 6.90. The highest BCUT2D eigenvalue weighted by Gasteiger charge is 2.12. The number of nitrogens with one attached hydrogen (secondary N) is 1. The molecule has 112 valence electrons. The number of nitrogens with two attached hydrogens (primary N) is 1. The molecule has 0 unspecified atom stereocenters. The van der Waals surface area contributed by atoms with Gasteiger partial charge in [-0.25, -0.2) is 0 Å². The van der Waals surface area contributed by atoms with Crippen molar-refractivity contribution in [3.63, 3.8) is 0 Å². The zero-order valence-corrected chi connectivity index (χ0v) is 13.2. The van der Waals surface area contributed by atoms with Gasteiger partial charge >= 0.3 is 0 Å². The molecular formula is C20H22N2. The maximum absolute atomic E-state index is 8.50. The van der Waals surface area contributed by atoms with Gasteiger partial charge in [-0.1, -0.05) is 65.7 Å². The van der Waals surface area contributed by atoms with E-state index in [0.717, 1.165) is 16.7 Å². The van der Waals surface area contributed by atoms with Gasteiger partial charge in [-0.2, -0.15) is 0 Å². The number of hydrogen-bond acceptors (Lipinski definition) is 2. The van der Waals surface area contributed by atoms with Crippen LogP contribution in [-0.2, 0) is 0 Å². The summed E-state index contributed by atoms with van der Waals surface area (Å²) in [4.78, 5) is 0. The first-order chi connectivity index (χ1) is 10.5. The van der Waals surface area contributed by atoms with Crippen LogP contribution in [0.5, 0.6) is 0 Å². The normalized spacial score (nSPS) is 11.7. The molecule has 0 atom stereocenters. The summed E-state index contributed by atoms with van der Waals surface area (Å²) in [5, 5.41) is 8.50. The van der Waals surface area contributed by atoms with Crippen molar-refractivity contribution in [2.24, 2.45) is 5.73 Å². The van der Waals surface area contributed by atoms with Gasteiger partial charge in [0.25, 0.3) is 0 Å². The fourth-order valence-electron chi connectivity index (χ4n) is 2.29. The van der Waals surface area contributed by atoms with Crippen LogP contribution in [0.1, 0.15) is 28.7 Å². The molecule has 2 aromatic rings. The van der Waals surface area contributed by atoms with Gasteiger partial charge in [-0.05, 0) is 31.4 Å². The highest BCUT2D eigenvalue weighted by Crippen LogP contribution is 2.21.